The highest BCUT2D eigenvalue weighted by molar-refractivity contribution is 6.28. The van der Waals surface area contributed by atoms with E-state index in [9.17, 15) is 14.4 Å². The van der Waals surface area contributed by atoms with E-state index < -0.39 is 29.9 Å². The number of hydrogen-bond donors (Lipinski definition) is 4. The summed E-state index contributed by atoms with van der Waals surface area (Å²) in [6, 6.07) is 16.2. The molecule has 2 aromatic rings. The highest BCUT2D eigenvalue weighted by Crippen LogP contribution is 2.07. The number of benzene rings is 2. The minimum absolute atomic E-state index is 0.0330. The maximum atomic E-state index is 13.1. The topological polar surface area (TPSA) is 185 Å². The Hall–Kier alpha value is -4.50. The standard InChI is InChI=1S/C24H29N7O4/c25-23(26)28-13-7-12-19(21(32)15-29-27)30-22(33)20(14-17-8-3-1-4-9-17)31-24(34)35-16-18-10-5-2-6-11-18/h1-6,8-11,15,19-20H,7,12-14,16H2,(H,30,33)(H,31,34)(H4,25,26,28)/t19-,20-/m0/s1. The number of carbonyl (C=O) groups excluding carboxylic acids is 3. The molecular formula is C24H29N7O4. The Balaban J connectivity index is 2.10. The summed E-state index contributed by atoms with van der Waals surface area (Å²) >= 11 is 0. The number of Topliss-reactive ketones (excluding diaryl/α,β-unsaturated/α-hetero) is 1. The summed E-state index contributed by atoms with van der Waals surface area (Å²) < 4.78 is 5.25. The molecule has 0 saturated heterocycles. The fourth-order valence-corrected chi connectivity index (χ4v) is 3.17. The first-order valence-electron chi connectivity index (χ1n) is 11.0. The number of ketones is 1. The van der Waals surface area contributed by atoms with E-state index in [0.717, 1.165) is 11.1 Å². The Morgan fingerprint density at radius 2 is 1.60 bits per heavy atom. The molecule has 11 heteroatoms. The van der Waals surface area contributed by atoms with E-state index in [1.807, 2.05) is 60.7 Å². The predicted molar refractivity (Wildman–Crippen MR) is 130 cm³/mol. The van der Waals surface area contributed by atoms with Crippen molar-refractivity contribution in [1.82, 2.24) is 10.6 Å². The van der Waals surface area contributed by atoms with E-state index in [4.69, 9.17) is 21.7 Å². The van der Waals surface area contributed by atoms with Crippen LogP contribution in [-0.2, 0) is 27.4 Å². The molecule has 0 aliphatic carbocycles. The zero-order valence-corrected chi connectivity index (χ0v) is 19.2. The molecule has 0 radical (unpaired) electrons. The molecule has 0 heterocycles. The lowest BCUT2D eigenvalue weighted by Gasteiger charge is -2.21. The van der Waals surface area contributed by atoms with Gasteiger partial charge in [0.15, 0.2) is 5.96 Å². The lowest BCUT2D eigenvalue weighted by molar-refractivity contribution is -0.127. The average Bonchev–Trinajstić information content (AvgIpc) is 2.85. The molecule has 11 nitrogen and oxygen atoms in total. The summed E-state index contributed by atoms with van der Waals surface area (Å²) in [5.74, 6) is -1.30. The molecule has 2 atom stereocenters. The molecule has 2 rings (SSSR count). The molecule has 2 amide bonds. The lowest BCUT2D eigenvalue weighted by atomic mass is 10.0. The van der Waals surface area contributed by atoms with Crippen molar-refractivity contribution < 1.29 is 23.9 Å². The Kier molecular flexibility index (Phi) is 11.2. The van der Waals surface area contributed by atoms with Crippen LogP contribution in [0.15, 0.2) is 65.7 Å². The van der Waals surface area contributed by atoms with Gasteiger partial charge in [-0.05, 0) is 24.0 Å². The summed E-state index contributed by atoms with van der Waals surface area (Å²) in [5.41, 5.74) is 20.9. The van der Waals surface area contributed by atoms with Crippen molar-refractivity contribution in [3.8, 4) is 0 Å². The van der Waals surface area contributed by atoms with Crippen LogP contribution in [0.4, 0.5) is 4.79 Å². The van der Waals surface area contributed by atoms with Gasteiger partial charge in [-0.2, -0.15) is 4.79 Å². The monoisotopic (exact) mass is 479 g/mol. The average molecular weight is 480 g/mol. The van der Waals surface area contributed by atoms with Crippen LogP contribution in [0.25, 0.3) is 5.53 Å². The van der Waals surface area contributed by atoms with Crippen LogP contribution >= 0.6 is 0 Å². The molecule has 184 valence electrons. The van der Waals surface area contributed by atoms with E-state index in [-0.39, 0.29) is 32.0 Å². The van der Waals surface area contributed by atoms with Crippen LogP contribution in [0.1, 0.15) is 24.0 Å². The molecule has 0 fully saturated rings. The van der Waals surface area contributed by atoms with Crippen molar-refractivity contribution in [3.63, 3.8) is 0 Å². The van der Waals surface area contributed by atoms with Crippen molar-refractivity contribution in [1.29, 1.82) is 0 Å². The molecule has 35 heavy (non-hydrogen) atoms. The van der Waals surface area contributed by atoms with Gasteiger partial charge in [0.1, 0.15) is 12.6 Å². The summed E-state index contributed by atoms with van der Waals surface area (Å²) in [6.45, 7) is 0.279. The molecule has 2 aromatic carbocycles. The lowest BCUT2D eigenvalue weighted by Crippen LogP contribution is -2.52. The quantitative estimate of drug-likeness (QED) is 0.109. The first-order chi connectivity index (χ1) is 16.9. The van der Waals surface area contributed by atoms with Gasteiger partial charge in [-0.25, -0.2) is 4.79 Å². The van der Waals surface area contributed by atoms with Crippen molar-refractivity contribution in [2.75, 3.05) is 6.54 Å². The summed E-state index contributed by atoms with van der Waals surface area (Å²) in [6.07, 6.45) is 0.653. The maximum absolute atomic E-state index is 13.1. The number of rotatable bonds is 13. The van der Waals surface area contributed by atoms with Crippen LogP contribution in [0, 0.1) is 0 Å². The highest BCUT2D eigenvalue weighted by Gasteiger charge is 2.28. The molecule has 0 bridgehead atoms. The first-order valence-corrected chi connectivity index (χ1v) is 11.0. The van der Waals surface area contributed by atoms with Crippen LogP contribution in [0.3, 0.4) is 0 Å². The number of nitrogens with zero attached hydrogens (tertiary/aromatic N) is 3. The van der Waals surface area contributed by atoms with Crippen LogP contribution in [-0.4, -0.2) is 53.4 Å². The highest BCUT2D eigenvalue weighted by atomic mass is 16.5. The third-order valence-electron chi connectivity index (χ3n) is 4.89. The first kappa shape index (κ1) is 26.7. The molecule has 0 saturated carbocycles. The number of nitrogens with two attached hydrogens (primary N) is 2. The maximum Gasteiger partial charge on any atom is 0.408 e. The largest absolute Gasteiger partial charge is 0.445 e. The summed E-state index contributed by atoms with van der Waals surface area (Å²) in [7, 11) is 0. The predicted octanol–water partition coefficient (Wildman–Crippen LogP) is 0.932. The number of carbonyl (C=O) groups is 3. The van der Waals surface area contributed by atoms with Gasteiger partial charge < -0.3 is 32.4 Å². The van der Waals surface area contributed by atoms with Gasteiger partial charge in [-0.1, -0.05) is 60.7 Å². The number of amides is 2. The fraction of sp³-hybridized carbons (Fsp3) is 0.292. The van der Waals surface area contributed by atoms with Crippen molar-refractivity contribution >= 4 is 30.0 Å². The van der Waals surface area contributed by atoms with Crippen LogP contribution in [0.5, 0.6) is 0 Å². The molecule has 0 unspecified atom stereocenters. The molecule has 0 aromatic heterocycles. The van der Waals surface area contributed by atoms with Gasteiger partial charge in [0.05, 0.1) is 6.04 Å². The molecule has 0 aliphatic rings. The second-order valence-electron chi connectivity index (χ2n) is 7.61. The Morgan fingerprint density at radius 1 is 0.971 bits per heavy atom. The smallest absolute Gasteiger partial charge is 0.408 e. The van der Waals surface area contributed by atoms with Crippen molar-refractivity contribution in [2.24, 2.45) is 16.5 Å². The number of aliphatic imine (C=N–C) groups is 1. The number of ether oxygens (including phenoxy) is 1. The van der Waals surface area contributed by atoms with Crippen molar-refractivity contribution in [3.05, 3.63) is 77.3 Å². The zero-order valence-electron chi connectivity index (χ0n) is 19.2. The number of alkyl carbamates (subject to hydrolysis) is 1. The molecule has 0 aliphatic heterocycles. The number of guanidine groups is 1. The molecular weight excluding hydrogens is 450 g/mol. The minimum Gasteiger partial charge on any atom is -0.445 e. The van der Waals surface area contributed by atoms with E-state index in [1.54, 1.807) is 0 Å². The Morgan fingerprint density at radius 3 is 2.20 bits per heavy atom. The molecule has 6 N–H and O–H groups in total. The second kappa shape index (κ2) is 14.6. The molecule has 0 spiro atoms. The zero-order chi connectivity index (χ0) is 25.5. The number of nitrogens with one attached hydrogen (secondary N) is 2. The van der Waals surface area contributed by atoms with Gasteiger partial charge in [-0.3, -0.25) is 14.6 Å². The SMILES string of the molecule is [N-]=[N+]=CC(=O)[C@H](CCCN=C(N)N)NC(=O)[C@H](Cc1ccccc1)NC(=O)OCc1ccccc1. The minimum atomic E-state index is -1.03. The van der Waals surface area contributed by atoms with Gasteiger partial charge in [0, 0.05) is 13.0 Å². The third-order valence-corrected chi connectivity index (χ3v) is 4.89. The van der Waals surface area contributed by atoms with E-state index in [1.165, 1.54) is 0 Å². The van der Waals surface area contributed by atoms with Crippen LogP contribution in [0.2, 0.25) is 0 Å². The second-order valence-corrected chi connectivity index (χ2v) is 7.61. The fourth-order valence-electron chi connectivity index (χ4n) is 3.17. The van der Waals surface area contributed by atoms with Gasteiger partial charge in [-0.15, -0.1) is 0 Å². The van der Waals surface area contributed by atoms with Gasteiger partial charge >= 0.3 is 12.3 Å². The number of hydrogen-bond acceptors (Lipinski definition) is 5. The van der Waals surface area contributed by atoms with Crippen LogP contribution < -0.4 is 22.1 Å². The third kappa shape index (κ3) is 10.3. The summed E-state index contributed by atoms with van der Waals surface area (Å²) in [4.78, 5) is 44.5. The Bertz CT molecular complexity index is 1050. The van der Waals surface area contributed by atoms with E-state index in [0.29, 0.717) is 12.6 Å². The van der Waals surface area contributed by atoms with Crippen molar-refractivity contribution in [2.45, 2.75) is 38.0 Å². The Labute approximate surface area is 203 Å². The normalized spacial score (nSPS) is 11.8. The van der Waals surface area contributed by atoms with E-state index in [2.05, 4.69) is 20.4 Å². The van der Waals surface area contributed by atoms with Gasteiger partial charge in [0.25, 0.3) is 5.78 Å². The van der Waals surface area contributed by atoms with Gasteiger partial charge in [0.2, 0.25) is 5.91 Å². The summed E-state index contributed by atoms with van der Waals surface area (Å²) in [5, 5.41) is 5.19. The van der Waals surface area contributed by atoms with E-state index >= 15 is 0 Å².